The number of anilines is 2. The Hall–Kier alpha value is -2.90. The fraction of sp³-hybridized carbons (Fsp3) is 0.0714. The lowest BCUT2D eigenvalue weighted by molar-refractivity contribution is 0.174. The molecule has 0 bridgehead atoms. The summed E-state index contributed by atoms with van der Waals surface area (Å²) in [4.78, 5) is 7.09. The van der Waals surface area contributed by atoms with Gasteiger partial charge in [0.2, 0.25) is 12.7 Å². The summed E-state index contributed by atoms with van der Waals surface area (Å²) in [5.41, 5.74) is 0.975. The monoisotopic (exact) mass is 307 g/mol. The van der Waals surface area contributed by atoms with Gasteiger partial charge >= 0.3 is 0 Å². The Morgan fingerprint density at radius 2 is 1.82 bits per heavy atom. The van der Waals surface area contributed by atoms with E-state index in [4.69, 9.17) is 9.47 Å². The van der Waals surface area contributed by atoms with Crippen molar-refractivity contribution < 1.29 is 22.6 Å². The van der Waals surface area contributed by atoms with Crippen LogP contribution in [-0.2, 0) is 0 Å². The van der Waals surface area contributed by atoms with E-state index in [-0.39, 0.29) is 18.4 Å². The van der Waals surface area contributed by atoms with Gasteiger partial charge in [-0.1, -0.05) is 0 Å². The molecule has 0 aliphatic carbocycles. The quantitative estimate of drug-likeness (QED) is 0.712. The van der Waals surface area contributed by atoms with Crippen LogP contribution in [-0.4, -0.2) is 16.8 Å². The minimum absolute atomic E-state index is 0.146. The number of imidazole rings is 1. The number of halogens is 3. The average molecular weight is 307 g/mol. The fourth-order valence-corrected chi connectivity index (χ4v) is 2.21. The highest BCUT2D eigenvalue weighted by atomic mass is 19.2. The van der Waals surface area contributed by atoms with E-state index < -0.39 is 17.5 Å². The standard InChI is InChI=1S/C14H8F3N3O2/c15-6-1-2-7(13(17)12(6)16)18-14-19-8-3-10-11(22-5-21-10)4-9(8)20-14/h1-4H,5H2,(H2,18,19,20). The molecule has 1 aliphatic rings. The van der Waals surface area contributed by atoms with Gasteiger partial charge in [0.25, 0.3) is 0 Å². The highest BCUT2D eigenvalue weighted by Gasteiger charge is 2.18. The zero-order chi connectivity index (χ0) is 15.3. The molecule has 2 aromatic carbocycles. The second-order valence-electron chi connectivity index (χ2n) is 4.66. The lowest BCUT2D eigenvalue weighted by Crippen LogP contribution is -1.99. The van der Waals surface area contributed by atoms with Crippen LogP contribution in [0.2, 0.25) is 0 Å². The Kier molecular flexibility index (Phi) is 2.65. The summed E-state index contributed by atoms with van der Waals surface area (Å²) >= 11 is 0. The van der Waals surface area contributed by atoms with Crippen molar-refractivity contribution in [1.82, 2.24) is 9.97 Å². The Morgan fingerprint density at radius 3 is 2.64 bits per heavy atom. The summed E-state index contributed by atoms with van der Waals surface area (Å²) in [5.74, 6) is -2.79. The largest absolute Gasteiger partial charge is 0.454 e. The molecule has 8 heteroatoms. The van der Waals surface area contributed by atoms with Crippen molar-refractivity contribution in [2.24, 2.45) is 0 Å². The lowest BCUT2D eigenvalue weighted by Gasteiger charge is -2.05. The van der Waals surface area contributed by atoms with Crippen molar-refractivity contribution in [3.8, 4) is 11.5 Å². The Balaban J connectivity index is 1.72. The number of benzene rings is 2. The minimum atomic E-state index is -1.54. The molecule has 0 saturated carbocycles. The van der Waals surface area contributed by atoms with Crippen LogP contribution >= 0.6 is 0 Å². The van der Waals surface area contributed by atoms with Crippen LogP contribution in [0.1, 0.15) is 0 Å². The first kappa shape index (κ1) is 12.8. The molecular weight excluding hydrogens is 299 g/mol. The van der Waals surface area contributed by atoms with Gasteiger partial charge in [-0.3, -0.25) is 0 Å². The van der Waals surface area contributed by atoms with E-state index in [0.29, 0.717) is 22.5 Å². The number of H-pyrrole nitrogens is 1. The molecule has 22 heavy (non-hydrogen) atoms. The number of nitrogens with one attached hydrogen (secondary N) is 2. The summed E-state index contributed by atoms with van der Waals surface area (Å²) in [5, 5.41) is 2.57. The maximum atomic E-state index is 13.6. The Labute approximate surface area is 121 Å². The van der Waals surface area contributed by atoms with Gasteiger partial charge < -0.3 is 19.8 Å². The topological polar surface area (TPSA) is 59.2 Å². The summed E-state index contributed by atoms with van der Waals surface area (Å²) < 4.78 is 50.2. The zero-order valence-electron chi connectivity index (χ0n) is 10.9. The van der Waals surface area contributed by atoms with Gasteiger partial charge in [0, 0.05) is 12.1 Å². The van der Waals surface area contributed by atoms with Crippen molar-refractivity contribution in [3.05, 3.63) is 41.7 Å². The SMILES string of the molecule is Fc1ccc(Nc2nc3cc4c(cc3[nH]2)OCO4)c(F)c1F. The van der Waals surface area contributed by atoms with Crippen LogP contribution in [0.25, 0.3) is 11.0 Å². The predicted octanol–water partition coefficient (Wildman–Crippen LogP) is 3.45. The third-order valence-corrected chi connectivity index (χ3v) is 3.26. The molecule has 2 heterocycles. The number of hydrogen-bond acceptors (Lipinski definition) is 4. The van der Waals surface area contributed by atoms with E-state index in [2.05, 4.69) is 15.3 Å². The number of hydrogen-bond donors (Lipinski definition) is 2. The van der Waals surface area contributed by atoms with Crippen LogP contribution < -0.4 is 14.8 Å². The van der Waals surface area contributed by atoms with E-state index in [1.165, 1.54) is 0 Å². The summed E-state index contributed by atoms with van der Waals surface area (Å²) in [6, 6.07) is 5.28. The number of fused-ring (bicyclic) bond motifs is 2. The first-order valence-electron chi connectivity index (χ1n) is 6.32. The molecule has 0 radical (unpaired) electrons. The third kappa shape index (κ3) is 1.92. The number of ether oxygens (including phenoxy) is 2. The van der Waals surface area contributed by atoms with Gasteiger partial charge in [0.05, 0.1) is 16.7 Å². The van der Waals surface area contributed by atoms with Crippen molar-refractivity contribution >= 4 is 22.7 Å². The lowest BCUT2D eigenvalue weighted by atomic mass is 10.3. The molecule has 1 aliphatic heterocycles. The van der Waals surface area contributed by atoms with Crippen molar-refractivity contribution in [3.63, 3.8) is 0 Å². The molecule has 0 fully saturated rings. The molecule has 0 amide bonds. The average Bonchev–Trinajstić information content (AvgIpc) is 3.10. The molecule has 4 rings (SSSR count). The molecule has 5 nitrogen and oxygen atoms in total. The second-order valence-corrected chi connectivity index (χ2v) is 4.66. The third-order valence-electron chi connectivity index (χ3n) is 3.26. The molecule has 0 saturated heterocycles. The molecular formula is C14H8F3N3O2. The molecule has 1 aromatic heterocycles. The van der Waals surface area contributed by atoms with E-state index in [1.54, 1.807) is 12.1 Å². The number of nitrogens with zero attached hydrogens (tertiary/aromatic N) is 1. The van der Waals surface area contributed by atoms with Gasteiger partial charge in [-0.05, 0) is 12.1 Å². The molecule has 0 unspecified atom stereocenters. The van der Waals surface area contributed by atoms with Crippen LogP contribution in [0.3, 0.4) is 0 Å². The van der Waals surface area contributed by atoms with E-state index in [1.807, 2.05) is 0 Å². The van der Waals surface area contributed by atoms with Crippen molar-refractivity contribution in [2.45, 2.75) is 0 Å². The van der Waals surface area contributed by atoms with Crippen LogP contribution in [0.4, 0.5) is 24.8 Å². The summed E-state index contributed by atoms with van der Waals surface area (Å²) in [6.45, 7) is 0.146. The zero-order valence-corrected chi connectivity index (χ0v) is 10.9. The normalized spacial score (nSPS) is 12.9. The van der Waals surface area contributed by atoms with Crippen molar-refractivity contribution in [2.75, 3.05) is 12.1 Å². The van der Waals surface area contributed by atoms with E-state index in [9.17, 15) is 13.2 Å². The Morgan fingerprint density at radius 1 is 1.05 bits per heavy atom. The van der Waals surface area contributed by atoms with Crippen LogP contribution in [0.15, 0.2) is 24.3 Å². The predicted molar refractivity (Wildman–Crippen MR) is 71.8 cm³/mol. The highest BCUT2D eigenvalue weighted by molar-refractivity contribution is 5.82. The Bertz CT molecular complexity index is 854. The maximum Gasteiger partial charge on any atom is 0.231 e. The first-order chi connectivity index (χ1) is 10.6. The molecule has 0 spiro atoms. The smallest absolute Gasteiger partial charge is 0.231 e. The summed E-state index contributed by atoms with van der Waals surface area (Å²) in [6.07, 6.45) is 0. The minimum Gasteiger partial charge on any atom is -0.454 e. The van der Waals surface area contributed by atoms with Gasteiger partial charge in [0.1, 0.15) is 0 Å². The number of aromatic amines is 1. The van der Waals surface area contributed by atoms with Gasteiger partial charge in [-0.15, -0.1) is 0 Å². The fourth-order valence-electron chi connectivity index (χ4n) is 2.21. The van der Waals surface area contributed by atoms with E-state index >= 15 is 0 Å². The van der Waals surface area contributed by atoms with Gasteiger partial charge in [-0.25, -0.2) is 18.2 Å². The molecule has 112 valence electrons. The molecule has 0 atom stereocenters. The second kappa shape index (κ2) is 4.55. The maximum absolute atomic E-state index is 13.6. The summed E-state index contributed by atoms with van der Waals surface area (Å²) in [7, 11) is 0. The molecule has 3 aromatic rings. The number of aromatic nitrogens is 2. The van der Waals surface area contributed by atoms with Crippen LogP contribution in [0.5, 0.6) is 11.5 Å². The van der Waals surface area contributed by atoms with Gasteiger partial charge in [-0.2, -0.15) is 0 Å². The van der Waals surface area contributed by atoms with Crippen molar-refractivity contribution in [1.29, 1.82) is 0 Å². The van der Waals surface area contributed by atoms with Gasteiger partial charge in [0.15, 0.2) is 29.0 Å². The number of rotatable bonds is 2. The van der Waals surface area contributed by atoms with Crippen LogP contribution in [0, 0.1) is 17.5 Å². The highest BCUT2D eigenvalue weighted by Crippen LogP contribution is 2.36. The van der Waals surface area contributed by atoms with E-state index in [0.717, 1.165) is 12.1 Å². The molecule has 2 N–H and O–H groups in total. The first-order valence-corrected chi connectivity index (χ1v) is 6.32.